The minimum atomic E-state index is -0.223. The summed E-state index contributed by atoms with van der Waals surface area (Å²) in [4.78, 5) is 25.1. The van der Waals surface area contributed by atoms with Crippen LogP contribution < -0.4 is 4.74 Å². The van der Waals surface area contributed by atoms with Crippen molar-refractivity contribution in [2.45, 2.75) is 6.42 Å². The molecule has 0 N–H and O–H groups in total. The van der Waals surface area contributed by atoms with Gasteiger partial charge in [0.15, 0.2) is 0 Å². The van der Waals surface area contributed by atoms with Gasteiger partial charge in [-0.05, 0) is 36.5 Å². The Labute approximate surface area is 142 Å². The maximum absolute atomic E-state index is 12.5. The second kappa shape index (κ2) is 5.30. The fraction of sp³-hybridized carbons (Fsp3) is 0.353. The number of methoxy groups -OCH3 is 1. The summed E-state index contributed by atoms with van der Waals surface area (Å²) in [6.07, 6.45) is 6.57. The monoisotopic (exact) mass is 374 g/mol. The molecule has 2 bridgehead atoms. The zero-order valence-corrected chi connectivity index (χ0v) is 14.1. The molecule has 1 aliphatic heterocycles. The fourth-order valence-corrected chi connectivity index (χ4v) is 4.31. The molecule has 1 aromatic rings. The lowest BCUT2D eigenvalue weighted by atomic mass is 9.85. The number of imide groups is 1. The molecule has 4 unspecified atom stereocenters. The fourth-order valence-electron chi connectivity index (χ4n) is 3.93. The van der Waals surface area contributed by atoms with Gasteiger partial charge in [-0.3, -0.25) is 9.59 Å². The Morgan fingerprint density at radius 3 is 2.48 bits per heavy atom. The number of fused-ring (bicyclic) bond motifs is 5. The first-order valence-electron chi connectivity index (χ1n) is 7.54. The number of hydrogen-bond acceptors (Lipinski definition) is 4. The average molecular weight is 375 g/mol. The molecule has 4 atom stereocenters. The number of amides is 2. The van der Waals surface area contributed by atoms with E-state index in [0.717, 1.165) is 15.9 Å². The largest absolute Gasteiger partial charge is 0.496 e. The van der Waals surface area contributed by atoms with E-state index in [9.17, 15) is 9.59 Å². The smallest absolute Gasteiger partial charge is 0.254 e. The van der Waals surface area contributed by atoms with Crippen molar-refractivity contribution in [3.8, 4) is 5.75 Å². The van der Waals surface area contributed by atoms with Crippen molar-refractivity contribution in [2.75, 3.05) is 7.11 Å². The molecule has 3 aliphatic rings. The van der Waals surface area contributed by atoms with Gasteiger partial charge in [-0.25, -0.2) is 0 Å². The van der Waals surface area contributed by atoms with Crippen molar-refractivity contribution in [3.05, 3.63) is 40.4 Å². The molecule has 2 aliphatic carbocycles. The Morgan fingerprint density at radius 2 is 1.87 bits per heavy atom. The quantitative estimate of drug-likeness (QED) is 0.464. The second-order valence-electron chi connectivity index (χ2n) is 6.12. The van der Waals surface area contributed by atoms with Crippen molar-refractivity contribution in [1.29, 1.82) is 0 Å². The maximum Gasteiger partial charge on any atom is 0.254 e. The summed E-state index contributed by atoms with van der Waals surface area (Å²) in [5.41, 5.74) is 0.709. The van der Waals surface area contributed by atoms with E-state index in [1.165, 1.54) is 6.21 Å². The highest BCUT2D eigenvalue weighted by atomic mass is 79.9. The molecule has 5 nitrogen and oxygen atoms in total. The van der Waals surface area contributed by atoms with Gasteiger partial charge < -0.3 is 4.74 Å². The van der Waals surface area contributed by atoms with Gasteiger partial charge in [-0.15, -0.1) is 0 Å². The Hall–Kier alpha value is -1.95. The van der Waals surface area contributed by atoms with E-state index in [-0.39, 0.29) is 35.5 Å². The normalized spacial score (nSPS) is 31.5. The number of nitrogens with zero attached hydrogens (tertiary/aromatic N) is 2. The summed E-state index contributed by atoms with van der Waals surface area (Å²) in [6, 6.07) is 5.49. The third-order valence-corrected chi connectivity index (χ3v) is 5.44. The van der Waals surface area contributed by atoms with Crippen LogP contribution in [-0.4, -0.2) is 30.1 Å². The van der Waals surface area contributed by atoms with Gasteiger partial charge in [0.05, 0.1) is 25.2 Å². The Bertz CT molecular complexity index is 728. The summed E-state index contributed by atoms with van der Waals surface area (Å²) < 4.78 is 6.15. The van der Waals surface area contributed by atoms with Crippen LogP contribution in [0.4, 0.5) is 0 Å². The van der Waals surface area contributed by atoms with Crippen LogP contribution in [-0.2, 0) is 9.59 Å². The van der Waals surface area contributed by atoms with Gasteiger partial charge in [0.2, 0.25) is 0 Å². The molecule has 0 aromatic heterocycles. The van der Waals surface area contributed by atoms with E-state index in [2.05, 4.69) is 33.2 Å². The molecule has 6 heteroatoms. The van der Waals surface area contributed by atoms with E-state index in [0.29, 0.717) is 11.3 Å². The lowest BCUT2D eigenvalue weighted by Gasteiger charge is -2.13. The first-order valence-corrected chi connectivity index (χ1v) is 8.33. The molecule has 1 saturated carbocycles. The highest BCUT2D eigenvalue weighted by Gasteiger charge is 2.59. The molecule has 118 valence electrons. The molecule has 23 heavy (non-hydrogen) atoms. The molecular formula is C17H15BrN2O3. The standard InChI is InChI=1S/C17H15BrN2O3/c1-23-13-5-4-12(18)7-11(13)8-19-20-16(21)14-9-2-3-10(6-9)15(14)17(20)22/h2-5,7-10,14-15H,6H2,1H3. The number of ether oxygens (including phenoxy) is 1. The minimum absolute atomic E-state index is 0.179. The van der Waals surface area contributed by atoms with E-state index in [1.54, 1.807) is 13.2 Å². The van der Waals surface area contributed by atoms with Crippen molar-refractivity contribution >= 4 is 34.0 Å². The van der Waals surface area contributed by atoms with Crippen LogP contribution >= 0.6 is 15.9 Å². The van der Waals surface area contributed by atoms with Gasteiger partial charge in [0.25, 0.3) is 11.8 Å². The maximum atomic E-state index is 12.5. The predicted octanol–water partition coefficient (Wildman–Crippen LogP) is 2.60. The second-order valence-corrected chi connectivity index (χ2v) is 7.03. The molecule has 1 aromatic carbocycles. The van der Waals surface area contributed by atoms with Crippen LogP contribution in [0.3, 0.4) is 0 Å². The highest BCUT2D eigenvalue weighted by molar-refractivity contribution is 9.10. The number of hydrogen-bond donors (Lipinski definition) is 0. The van der Waals surface area contributed by atoms with Crippen LogP contribution in [0, 0.1) is 23.7 Å². The molecule has 2 fully saturated rings. The van der Waals surface area contributed by atoms with Gasteiger partial charge in [-0.1, -0.05) is 28.1 Å². The number of hydrazone groups is 1. The van der Waals surface area contributed by atoms with E-state index < -0.39 is 0 Å². The number of rotatable bonds is 3. The third-order valence-electron chi connectivity index (χ3n) is 4.95. The van der Waals surface area contributed by atoms with Gasteiger partial charge in [0.1, 0.15) is 5.75 Å². The molecule has 1 saturated heterocycles. The molecule has 0 spiro atoms. The third kappa shape index (κ3) is 2.16. The highest BCUT2D eigenvalue weighted by Crippen LogP contribution is 2.52. The van der Waals surface area contributed by atoms with E-state index >= 15 is 0 Å². The van der Waals surface area contributed by atoms with Crippen LogP contribution in [0.2, 0.25) is 0 Å². The van der Waals surface area contributed by atoms with Gasteiger partial charge >= 0.3 is 0 Å². The van der Waals surface area contributed by atoms with Crippen LogP contribution in [0.1, 0.15) is 12.0 Å². The molecule has 0 radical (unpaired) electrons. The van der Waals surface area contributed by atoms with Crippen molar-refractivity contribution in [2.24, 2.45) is 28.8 Å². The summed E-state index contributed by atoms with van der Waals surface area (Å²) in [6.45, 7) is 0. The first-order chi connectivity index (χ1) is 11.1. The van der Waals surface area contributed by atoms with Crippen LogP contribution in [0.15, 0.2) is 39.9 Å². The topological polar surface area (TPSA) is 59.0 Å². The number of halogens is 1. The number of carbonyl (C=O) groups excluding carboxylic acids is 2. The van der Waals surface area contributed by atoms with Crippen molar-refractivity contribution < 1.29 is 14.3 Å². The SMILES string of the molecule is COc1ccc(Br)cc1C=NN1C(=O)C2C3C=CC(C3)C2C1=O. The van der Waals surface area contributed by atoms with Crippen molar-refractivity contribution in [3.63, 3.8) is 0 Å². The number of benzene rings is 1. The lowest BCUT2D eigenvalue weighted by molar-refractivity contribution is -0.140. The lowest BCUT2D eigenvalue weighted by Crippen LogP contribution is -2.28. The molecule has 1 heterocycles. The first kappa shape index (κ1) is 14.6. The summed E-state index contributed by atoms with van der Waals surface area (Å²) in [7, 11) is 1.57. The molecular weight excluding hydrogens is 360 g/mol. The van der Waals surface area contributed by atoms with Crippen molar-refractivity contribution in [1.82, 2.24) is 5.01 Å². The van der Waals surface area contributed by atoms with E-state index in [4.69, 9.17) is 4.74 Å². The number of carbonyl (C=O) groups is 2. The zero-order chi connectivity index (χ0) is 16.1. The summed E-state index contributed by atoms with van der Waals surface area (Å²) >= 11 is 3.39. The van der Waals surface area contributed by atoms with E-state index in [1.807, 2.05) is 12.1 Å². The van der Waals surface area contributed by atoms with Crippen LogP contribution in [0.25, 0.3) is 0 Å². The molecule has 2 amide bonds. The Morgan fingerprint density at radius 1 is 1.22 bits per heavy atom. The molecule has 4 rings (SSSR count). The predicted molar refractivity (Wildman–Crippen MR) is 87.9 cm³/mol. The van der Waals surface area contributed by atoms with Gasteiger partial charge in [0, 0.05) is 10.0 Å². The zero-order valence-electron chi connectivity index (χ0n) is 12.5. The number of allylic oxidation sites excluding steroid dienone is 2. The van der Waals surface area contributed by atoms with Crippen LogP contribution in [0.5, 0.6) is 5.75 Å². The Kier molecular flexibility index (Phi) is 3.37. The van der Waals surface area contributed by atoms with Gasteiger partial charge in [-0.2, -0.15) is 10.1 Å². The summed E-state index contributed by atoms with van der Waals surface area (Å²) in [5, 5.41) is 5.21. The minimum Gasteiger partial charge on any atom is -0.496 e. The Balaban J connectivity index is 1.62. The summed E-state index contributed by atoms with van der Waals surface area (Å²) in [5.74, 6) is 0.226. The average Bonchev–Trinajstić information content (AvgIpc) is 3.21.